The van der Waals surface area contributed by atoms with Crippen LogP contribution < -0.4 is 4.90 Å². The van der Waals surface area contributed by atoms with E-state index in [-0.39, 0.29) is 18.1 Å². The van der Waals surface area contributed by atoms with E-state index >= 15 is 0 Å². The fourth-order valence-corrected chi connectivity index (χ4v) is 3.95. The van der Waals surface area contributed by atoms with Crippen LogP contribution in [0.4, 0.5) is 10.2 Å². The molecule has 3 aromatic heterocycles. The molecule has 1 aliphatic rings. The number of aromatic nitrogens is 5. The van der Waals surface area contributed by atoms with Gasteiger partial charge in [0.15, 0.2) is 0 Å². The second kappa shape index (κ2) is 7.82. The highest BCUT2D eigenvalue weighted by Gasteiger charge is 2.24. The first-order valence-corrected chi connectivity index (χ1v) is 10.2. The summed E-state index contributed by atoms with van der Waals surface area (Å²) in [5, 5.41) is 5.18. The number of hydrogen-bond acceptors (Lipinski definition) is 5. The summed E-state index contributed by atoms with van der Waals surface area (Å²) in [7, 11) is 1.88. The molecule has 1 aromatic carbocycles. The molecular formula is C22H22FN7O. The largest absolute Gasteiger partial charge is 0.352 e. The Morgan fingerprint density at radius 1 is 1.13 bits per heavy atom. The van der Waals surface area contributed by atoms with Crippen molar-refractivity contribution >= 4 is 22.8 Å². The van der Waals surface area contributed by atoms with Crippen molar-refractivity contribution < 1.29 is 9.18 Å². The molecule has 1 fully saturated rings. The number of aromatic amines is 1. The van der Waals surface area contributed by atoms with E-state index in [0.29, 0.717) is 26.2 Å². The second-order valence-corrected chi connectivity index (χ2v) is 7.72. The van der Waals surface area contributed by atoms with Gasteiger partial charge >= 0.3 is 0 Å². The zero-order valence-electron chi connectivity index (χ0n) is 17.1. The third-order valence-electron chi connectivity index (χ3n) is 5.62. The quantitative estimate of drug-likeness (QED) is 0.549. The predicted octanol–water partition coefficient (Wildman–Crippen LogP) is 2.39. The molecule has 158 valence electrons. The SMILES string of the molecule is Cn1cc(-c2cc3c(N4CCN(C(=O)Cc5ccc(F)cc5)CC4)ncnc3[nH]2)cn1. The summed E-state index contributed by atoms with van der Waals surface area (Å²) in [5.74, 6) is 0.624. The van der Waals surface area contributed by atoms with Crippen LogP contribution in [0.15, 0.2) is 49.1 Å². The molecule has 0 unspecified atom stereocenters. The average Bonchev–Trinajstić information content (AvgIpc) is 3.41. The van der Waals surface area contributed by atoms with Gasteiger partial charge < -0.3 is 14.8 Å². The number of anilines is 1. The minimum absolute atomic E-state index is 0.0552. The van der Waals surface area contributed by atoms with E-state index in [4.69, 9.17) is 0 Å². The fraction of sp³-hybridized carbons (Fsp3) is 0.273. The molecule has 31 heavy (non-hydrogen) atoms. The molecule has 0 aliphatic carbocycles. The molecule has 1 saturated heterocycles. The number of amides is 1. The zero-order valence-corrected chi connectivity index (χ0v) is 17.1. The number of carbonyl (C=O) groups is 1. The third-order valence-corrected chi connectivity index (χ3v) is 5.62. The lowest BCUT2D eigenvalue weighted by Crippen LogP contribution is -2.49. The Morgan fingerprint density at radius 2 is 1.90 bits per heavy atom. The van der Waals surface area contributed by atoms with Crippen molar-refractivity contribution in [2.75, 3.05) is 31.1 Å². The molecule has 8 nitrogen and oxygen atoms in total. The van der Waals surface area contributed by atoms with Crippen molar-refractivity contribution in [1.29, 1.82) is 0 Å². The Morgan fingerprint density at radius 3 is 2.61 bits per heavy atom. The number of carbonyl (C=O) groups excluding carboxylic acids is 1. The number of fused-ring (bicyclic) bond motifs is 1. The smallest absolute Gasteiger partial charge is 0.227 e. The maximum absolute atomic E-state index is 13.1. The highest BCUT2D eigenvalue weighted by molar-refractivity contribution is 5.92. The molecule has 4 heterocycles. The van der Waals surface area contributed by atoms with Crippen molar-refractivity contribution in [3.05, 3.63) is 60.4 Å². The third kappa shape index (κ3) is 3.86. The standard InChI is InChI=1S/C22H22FN7O/c1-28-13-16(12-26-28)19-11-18-21(27-19)24-14-25-22(18)30-8-6-29(7-9-30)20(31)10-15-2-4-17(23)5-3-15/h2-5,11-14H,6-10H2,1H3,(H,24,25,27). The summed E-state index contributed by atoms with van der Waals surface area (Å²) in [6, 6.07) is 8.14. The van der Waals surface area contributed by atoms with Crippen LogP contribution in [-0.4, -0.2) is 61.7 Å². The molecule has 1 aliphatic heterocycles. The predicted molar refractivity (Wildman–Crippen MR) is 115 cm³/mol. The van der Waals surface area contributed by atoms with E-state index in [2.05, 4.69) is 25.0 Å². The van der Waals surface area contributed by atoms with Crippen LogP contribution >= 0.6 is 0 Å². The summed E-state index contributed by atoms with van der Waals surface area (Å²) in [5.41, 5.74) is 3.53. The van der Waals surface area contributed by atoms with Gasteiger partial charge in [-0.15, -0.1) is 0 Å². The van der Waals surface area contributed by atoms with E-state index in [0.717, 1.165) is 33.7 Å². The first-order chi connectivity index (χ1) is 15.1. The number of nitrogens with zero attached hydrogens (tertiary/aromatic N) is 6. The van der Waals surface area contributed by atoms with Crippen LogP contribution in [0.2, 0.25) is 0 Å². The van der Waals surface area contributed by atoms with E-state index in [1.54, 1.807) is 23.1 Å². The maximum atomic E-state index is 13.1. The van der Waals surface area contributed by atoms with Crippen LogP contribution in [0.5, 0.6) is 0 Å². The van der Waals surface area contributed by atoms with Crippen LogP contribution in [0.3, 0.4) is 0 Å². The summed E-state index contributed by atoms with van der Waals surface area (Å²) < 4.78 is 14.8. The number of aryl methyl sites for hydroxylation is 1. The van der Waals surface area contributed by atoms with Crippen LogP contribution in [0.1, 0.15) is 5.56 Å². The Labute approximate surface area is 178 Å². The minimum atomic E-state index is -0.294. The lowest BCUT2D eigenvalue weighted by atomic mass is 10.1. The van der Waals surface area contributed by atoms with E-state index < -0.39 is 0 Å². The molecule has 1 amide bonds. The number of halogens is 1. The van der Waals surface area contributed by atoms with Crippen LogP contribution in [-0.2, 0) is 18.3 Å². The normalized spacial score (nSPS) is 14.4. The highest BCUT2D eigenvalue weighted by atomic mass is 19.1. The van der Waals surface area contributed by atoms with Crippen molar-refractivity contribution in [2.24, 2.45) is 7.05 Å². The Hall–Kier alpha value is -3.75. The minimum Gasteiger partial charge on any atom is -0.352 e. The first-order valence-electron chi connectivity index (χ1n) is 10.2. The van der Waals surface area contributed by atoms with Gasteiger partial charge in [-0.05, 0) is 23.8 Å². The molecule has 0 radical (unpaired) electrons. The van der Waals surface area contributed by atoms with Gasteiger partial charge in [-0.1, -0.05) is 12.1 Å². The van der Waals surface area contributed by atoms with Gasteiger partial charge in [-0.25, -0.2) is 14.4 Å². The summed E-state index contributed by atoms with van der Waals surface area (Å²) in [6.45, 7) is 2.61. The van der Waals surface area contributed by atoms with Gasteiger partial charge in [-0.2, -0.15) is 5.10 Å². The zero-order chi connectivity index (χ0) is 21.4. The number of H-pyrrole nitrogens is 1. The van der Waals surface area contributed by atoms with Gasteiger partial charge in [0.1, 0.15) is 23.6 Å². The molecule has 0 spiro atoms. The molecular weight excluding hydrogens is 397 g/mol. The van der Waals surface area contributed by atoms with E-state index in [1.807, 2.05) is 30.4 Å². The summed E-state index contributed by atoms with van der Waals surface area (Å²) in [6.07, 6.45) is 5.60. The Kier molecular flexibility index (Phi) is 4.85. The monoisotopic (exact) mass is 419 g/mol. The van der Waals surface area contributed by atoms with E-state index in [1.165, 1.54) is 12.1 Å². The van der Waals surface area contributed by atoms with Gasteiger partial charge in [0, 0.05) is 45.0 Å². The Balaban J connectivity index is 1.29. The number of benzene rings is 1. The van der Waals surface area contributed by atoms with Gasteiger partial charge in [0.05, 0.1) is 23.7 Å². The maximum Gasteiger partial charge on any atom is 0.227 e. The number of piperazine rings is 1. The summed E-state index contributed by atoms with van der Waals surface area (Å²) >= 11 is 0. The molecule has 1 N–H and O–H groups in total. The van der Waals surface area contributed by atoms with Gasteiger partial charge in [0.25, 0.3) is 0 Å². The first kappa shape index (κ1) is 19.2. The van der Waals surface area contributed by atoms with Crippen molar-refractivity contribution in [2.45, 2.75) is 6.42 Å². The number of rotatable bonds is 4. The molecule has 0 bridgehead atoms. The lowest BCUT2D eigenvalue weighted by molar-refractivity contribution is -0.130. The second-order valence-electron chi connectivity index (χ2n) is 7.72. The molecule has 4 aromatic rings. The van der Waals surface area contributed by atoms with Crippen molar-refractivity contribution in [3.63, 3.8) is 0 Å². The number of nitrogens with one attached hydrogen (secondary N) is 1. The fourth-order valence-electron chi connectivity index (χ4n) is 3.95. The molecule has 0 atom stereocenters. The Bertz CT molecular complexity index is 1220. The molecule has 9 heteroatoms. The van der Waals surface area contributed by atoms with Gasteiger partial charge in [0.2, 0.25) is 5.91 Å². The van der Waals surface area contributed by atoms with Crippen LogP contribution in [0, 0.1) is 5.82 Å². The molecule has 5 rings (SSSR count). The van der Waals surface area contributed by atoms with E-state index in [9.17, 15) is 9.18 Å². The topological polar surface area (TPSA) is 82.9 Å². The summed E-state index contributed by atoms with van der Waals surface area (Å²) in [4.78, 5) is 28.9. The number of hydrogen-bond donors (Lipinski definition) is 1. The van der Waals surface area contributed by atoms with Crippen molar-refractivity contribution in [3.8, 4) is 11.3 Å². The molecule has 0 saturated carbocycles. The van der Waals surface area contributed by atoms with Gasteiger partial charge in [-0.3, -0.25) is 9.48 Å². The lowest BCUT2D eigenvalue weighted by Gasteiger charge is -2.35. The highest BCUT2D eigenvalue weighted by Crippen LogP contribution is 2.29. The van der Waals surface area contributed by atoms with Crippen molar-refractivity contribution in [1.82, 2.24) is 29.6 Å². The van der Waals surface area contributed by atoms with Crippen LogP contribution in [0.25, 0.3) is 22.3 Å². The average molecular weight is 419 g/mol.